The van der Waals surface area contributed by atoms with Crippen molar-refractivity contribution in [3.05, 3.63) is 24.0 Å². The summed E-state index contributed by atoms with van der Waals surface area (Å²) in [5.74, 6) is 0.758. The third-order valence-corrected chi connectivity index (χ3v) is 2.70. The number of nitrogens with zero attached hydrogens (tertiary/aromatic N) is 4. The minimum atomic E-state index is 0.525. The van der Waals surface area contributed by atoms with Crippen LogP contribution < -0.4 is 5.32 Å². The van der Waals surface area contributed by atoms with Crippen molar-refractivity contribution in [2.45, 2.75) is 13.3 Å². The van der Waals surface area contributed by atoms with Crippen molar-refractivity contribution in [2.24, 2.45) is 0 Å². The first kappa shape index (κ1) is 11.5. The molecular weight excluding hydrogens is 234 g/mol. The van der Waals surface area contributed by atoms with Crippen molar-refractivity contribution in [2.75, 3.05) is 11.9 Å². The van der Waals surface area contributed by atoms with E-state index >= 15 is 0 Å². The molecule has 86 valence electrons. The van der Waals surface area contributed by atoms with E-state index in [4.69, 9.17) is 5.26 Å². The van der Waals surface area contributed by atoms with E-state index in [1.165, 1.54) is 6.20 Å². The second-order valence-electron chi connectivity index (χ2n) is 3.46. The lowest BCUT2D eigenvalue weighted by molar-refractivity contribution is 0.974. The molecule has 0 unspecified atom stereocenters. The topological polar surface area (TPSA) is 74.5 Å². The van der Waals surface area contributed by atoms with Gasteiger partial charge >= 0.3 is 0 Å². The zero-order valence-corrected chi connectivity index (χ0v) is 10.2. The Balaban J connectivity index is 2.33. The predicted molar refractivity (Wildman–Crippen MR) is 66.6 cm³/mol. The van der Waals surface area contributed by atoms with Gasteiger partial charge in [-0.15, -0.1) is 0 Å². The highest BCUT2D eigenvalue weighted by molar-refractivity contribution is 6.99. The van der Waals surface area contributed by atoms with Crippen LogP contribution in [-0.2, 0) is 0 Å². The van der Waals surface area contributed by atoms with Gasteiger partial charge in [0.1, 0.15) is 11.8 Å². The molecule has 2 rings (SSSR count). The van der Waals surface area contributed by atoms with Crippen LogP contribution in [0.1, 0.15) is 18.9 Å². The molecule has 2 aromatic rings. The lowest BCUT2D eigenvalue weighted by atomic mass is 10.1. The molecule has 0 saturated heterocycles. The summed E-state index contributed by atoms with van der Waals surface area (Å²) < 4.78 is 8.43. The molecule has 0 aromatic carbocycles. The Morgan fingerprint density at radius 3 is 3.06 bits per heavy atom. The van der Waals surface area contributed by atoms with Crippen LogP contribution in [0.15, 0.2) is 18.5 Å². The molecule has 0 saturated carbocycles. The first-order chi connectivity index (χ1) is 8.35. The second-order valence-corrected chi connectivity index (χ2v) is 3.99. The van der Waals surface area contributed by atoms with Gasteiger partial charge in [0.05, 0.1) is 17.3 Å². The molecule has 0 fully saturated rings. The Morgan fingerprint density at radius 2 is 2.29 bits per heavy atom. The maximum atomic E-state index is 8.83. The average molecular weight is 245 g/mol. The number of nitriles is 1. The summed E-state index contributed by atoms with van der Waals surface area (Å²) in [6.45, 7) is 2.94. The Morgan fingerprint density at radius 1 is 1.41 bits per heavy atom. The predicted octanol–water partition coefficient (Wildman–Crippen LogP) is 2.29. The lowest BCUT2D eigenvalue weighted by Gasteiger charge is -2.03. The number of hydrogen-bond acceptors (Lipinski definition) is 6. The number of anilines is 1. The van der Waals surface area contributed by atoms with Crippen LogP contribution in [-0.4, -0.2) is 20.3 Å². The molecule has 2 aromatic heterocycles. The SMILES string of the molecule is CCCNc1nsnc1-c1cncc(C#N)c1. The quantitative estimate of drug-likeness (QED) is 0.894. The Kier molecular flexibility index (Phi) is 3.62. The van der Waals surface area contributed by atoms with Gasteiger partial charge in [0.2, 0.25) is 0 Å². The third-order valence-electron chi connectivity index (χ3n) is 2.17. The second kappa shape index (κ2) is 5.37. The van der Waals surface area contributed by atoms with Crippen LogP contribution in [0.2, 0.25) is 0 Å². The van der Waals surface area contributed by atoms with Gasteiger partial charge in [-0.1, -0.05) is 6.92 Å². The van der Waals surface area contributed by atoms with Crippen molar-refractivity contribution < 1.29 is 0 Å². The van der Waals surface area contributed by atoms with E-state index in [9.17, 15) is 0 Å². The van der Waals surface area contributed by atoms with Gasteiger partial charge in [0.25, 0.3) is 0 Å². The molecule has 0 amide bonds. The number of pyridine rings is 1. The van der Waals surface area contributed by atoms with E-state index in [1.807, 2.05) is 0 Å². The zero-order valence-electron chi connectivity index (χ0n) is 9.34. The normalized spacial score (nSPS) is 9.88. The fourth-order valence-electron chi connectivity index (χ4n) is 1.37. The van der Waals surface area contributed by atoms with Crippen LogP contribution in [0.4, 0.5) is 5.82 Å². The summed E-state index contributed by atoms with van der Waals surface area (Å²) in [4.78, 5) is 4.02. The molecule has 0 spiro atoms. The molecular formula is C11H11N5S. The van der Waals surface area contributed by atoms with Crippen LogP contribution in [0.25, 0.3) is 11.3 Å². The molecule has 17 heavy (non-hydrogen) atoms. The minimum Gasteiger partial charge on any atom is -0.367 e. The van der Waals surface area contributed by atoms with E-state index in [-0.39, 0.29) is 0 Å². The van der Waals surface area contributed by atoms with Gasteiger partial charge in [-0.25, -0.2) is 0 Å². The number of hydrogen-bond donors (Lipinski definition) is 1. The molecule has 0 radical (unpaired) electrons. The van der Waals surface area contributed by atoms with Crippen LogP contribution >= 0.6 is 11.7 Å². The van der Waals surface area contributed by atoms with Gasteiger partial charge in [-0.3, -0.25) is 4.98 Å². The van der Waals surface area contributed by atoms with Gasteiger partial charge in [-0.05, 0) is 12.5 Å². The molecule has 0 aliphatic rings. The fourth-order valence-corrected chi connectivity index (χ4v) is 1.91. The highest BCUT2D eigenvalue weighted by atomic mass is 32.1. The van der Waals surface area contributed by atoms with Crippen molar-refractivity contribution in [1.29, 1.82) is 5.26 Å². The molecule has 6 heteroatoms. The van der Waals surface area contributed by atoms with Crippen LogP contribution in [0.3, 0.4) is 0 Å². The van der Waals surface area contributed by atoms with E-state index in [2.05, 4.69) is 32.0 Å². The summed E-state index contributed by atoms with van der Waals surface area (Å²) in [5, 5.41) is 12.0. The average Bonchev–Trinajstić information content (AvgIpc) is 2.84. The minimum absolute atomic E-state index is 0.525. The van der Waals surface area contributed by atoms with Gasteiger partial charge < -0.3 is 5.32 Å². The standard InChI is InChI=1S/C11H11N5S/c1-2-3-14-11-10(15-17-16-11)9-4-8(5-12)6-13-7-9/h4,6-7H,2-3H2,1H3,(H,14,16). The third kappa shape index (κ3) is 2.57. The number of nitrogens with one attached hydrogen (secondary N) is 1. The first-order valence-corrected chi connectivity index (χ1v) is 6.00. The molecule has 0 atom stereocenters. The molecule has 0 aliphatic carbocycles. The molecule has 0 aliphatic heterocycles. The largest absolute Gasteiger partial charge is 0.367 e. The van der Waals surface area contributed by atoms with Crippen LogP contribution in [0, 0.1) is 11.3 Å². The maximum absolute atomic E-state index is 8.83. The lowest BCUT2D eigenvalue weighted by Crippen LogP contribution is -2.01. The Bertz CT molecular complexity index is 543. The highest BCUT2D eigenvalue weighted by Crippen LogP contribution is 2.25. The van der Waals surface area contributed by atoms with E-state index in [0.29, 0.717) is 5.56 Å². The Hall–Kier alpha value is -2.00. The smallest absolute Gasteiger partial charge is 0.168 e. The van der Waals surface area contributed by atoms with Crippen molar-refractivity contribution in [3.8, 4) is 17.3 Å². The van der Waals surface area contributed by atoms with Gasteiger partial charge in [-0.2, -0.15) is 14.0 Å². The van der Waals surface area contributed by atoms with Gasteiger partial charge in [0.15, 0.2) is 5.82 Å². The van der Waals surface area contributed by atoms with Crippen molar-refractivity contribution >= 4 is 17.5 Å². The molecule has 5 nitrogen and oxygen atoms in total. The first-order valence-electron chi connectivity index (χ1n) is 5.27. The Labute approximate surface area is 103 Å². The number of aromatic nitrogens is 3. The molecule has 0 bridgehead atoms. The number of rotatable bonds is 4. The van der Waals surface area contributed by atoms with Crippen LogP contribution in [0.5, 0.6) is 0 Å². The van der Waals surface area contributed by atoms with Crippen molar-refractivity contribution in [3.63, 3.8) is 0 Å². The summed E-state index contributed by atoms with van der Waals surface area (Å²) in [5.41, 5.74) is 2.10. The molecule has 2 heterocycles. The van der Waals surface area contributed by atoms with E-state index < -0.39 is 0 Å². The summed E-state index contributed by atoms with van der Waals surface area (Å²) in [6.07, 6.45) is 4.24. The molecule has 1 N–H and O–H groups in total. The van der Waals surface area contributed by atoms with E-state index in [0.717, 1.165) is 41.8 Å². The van der Waals surface area contributed by atoms with E-state index in [1.54, 1.807) is 12.3 Å². The van der Waals surface area contributed by atoms with Crippen molar-refractivity contribution in [1.82, 2.24) is 13.7 Å². The summed E-state index contributed by atoms with van der Waals surface area (Å²) >= 11 is 1.15. The maximum Gasteiger partial charge on any atom is 0.168 e. The zero-order chi connectivity index (χ0) is 12.1. The monoisotopic (exact) mass is 245 g/mol. The summed E-state index contributed by atoms with van der Waals surface area (Å²) in [7, 11) is 0. The highest BCUT2D eigenvalue weighted by Gasteiger charge is 2.10. The fraction of sp³-hybridized carbons (Fsp3) is 0.273. The summed E-state index contributed by atoms with van der Waals surface area (Å²) in [6, 6.07) is 3.83. The van der Waals surface area contributed by atoms with Gasteiger partial charge in [0, 0.05) is 24.5 Å².